The molecule has 1 amide bonds. The van der Waals surface area contributed by atoms with E-state index in [0.29, 0.717) is 6.04 Å². The van der Waals surface area contributed by atoms with Gasteiger partial charge in [0.15, 0.2) is 0 Å². The van der Waals surface area contributed by atoms with Crippen molar-refractivity contribution in [3.63, 3.8) is 0 Å². The fourth-order valence-corrected chi connectivity index (χ4v) is 1.38. The fourth-order valence-electron chi connectivity index (χ4n) is 1.38. The van der Waals surface area contributed by atoms with Crippen molar-refractivity contribution in [3.05, 3.63) is 0 Å². The third kappa shape index (κ3) is 1.97. The Morgan fingerprint density at radius 2 is 2.33 bits per heavy atom. The predicted octanol–water partition coefficient (Wildman–Crippen LogP) is 0.511. The van der Waals surface area contributed by atoms with Gasteiger partial charge in [-0.1, -0.05) is 13.8 Å². The highest BCUT2D eigenvalue weighted by Gasteiger charge is 2.37. The van der Waals surface area contributed by atoms with Crippen LogP contribution in [0.25, 0.3) is 0 Å². The molecule has 1 rings (SSSR count). The van der Waals surface area contributed by atoms with Gasteiger partial charge in [-0.3, -0.25) is 4.79 Å². The van der Waals surface area contributed by atoms with E-state index in [0.717, 1.165) is 19.5 Å². The molecular formula is C9H18N2O. The molecule has 0 unspecified atom stereocenters. The van der Waals surface area contributed by atoms with E-state index in [1.165, 1.54) is 0 Å². The zero-order chi connectivity index (χ0) is 9.19. The van der Waals surface area contributed by atoms with E-state index in [4.69, 9.17) is 0 Å². The van der Waals surface area contributed by atoms with Gasteiger partial charge in [0, 0.05) is 19.1 Å². The minimum absolute atomic E-state index is 0.176. The molecular weight excluding hydrogens is 152 g/mol. The van der Waals surface area contributed by atoms with Crippen molar-refractivity contribution < 1.29 is 4.79 Å². The van der Waals surface area contributed by atoms with Crippen LogP contribution in [0, 0.1) is 5.41 Å². The van der Waals surface area contributed by atoms with Crippen LogP contribution in [0.15, 0.2) is 0 Å². The Labute approximate surface area is 73.9 Å². The monoisotopic (exact) mass is 170 g/mol. The van der Waals surface area contributed by atoms with E-state index in [9.17, 15) is 4.79 Å². The molecule has 2 N–H and O–H groups in total. The van der Waals surface area contributed by atoms with Crippen molar-refractivity contribution in [2.24, 2.45) is 5.41 Å². The van der Waals surface area contributed by atoms with Crippen molar-refractivity contribution in [2.45, 2.75) is 33.2 Å². The summed E-state index contributed by atoms with van der Waals surface area (Å²) in [5.74, 6) is 0.190. The topological polar surface area (TPSA) is 41.1 Å². The Balaban J connectivity index is 2.43. The van der Waals surface area contributed by atoms with E-state index >= 15 is 0 Å². The molecule has 3 nitrogen and oxygen atoms in total. The second-order valence-electron chi connectivity index (χ2n) is 4.10. The first-order valence-corrected chi connectivity index (χ1v) is 4.56. The first-order valence-electron chi connectivity index (χ1n) is 4.56. The summed E-state index contributed by atoms with van der Waals surface area (Å²) in [4.78, 5) is 11.4. The first kappa shape index (κ1) is 9.52. The lowest BCUT2D eigenvalue weighted by atomic mass is 9.89. The first-order chi connectivity index (χ1) is 5.54. The molecule has 0 spiro atoms. The summed E-state index contributed by atoms with van der Waals surface area (Å²) in [5.41, 5.74) is -0.176. The molecule has 0 bridgehead atoms. The van der Waals surface area contributed by atoms with Crippen LogP contribution in [0.2, 0.25) is 0 Å². The van der Waals surface area contributed by atoms with E-state index < -0.39 is 0 Å². The van der Waals surface area contributed by atoms with Crippen LogP contribution in [0.5, 0.6) is 0 Å². The molecule has 0 radical (unpaired) electrons. The Bertz CT molecular complexity index is 179. The largest absolute Gasteiger partial charge is 0.356 e. The maximum absolute atomic E-state index is 11.4. The summed E-state index contributed by atoms with van der Waals surface area (Å²) < 4.78 is 0. The molecule has 0 aliphatic carbocycles. The molecule has 1 aliphatic rings. The lowest BCUT2D eigenvalue weighted by Crippen LogP contribution is -2.40. The number of amides is 1. The summed E-state index contributed by atoms with van der Waals surface area (Å²) in [6.45, 7) is 7.82. The van der Waals surface area contributed by atoms with Crippen LogP contribution in [0.3, 0.4) is 0 Å². The summed E-state index contributed by atoms with van der Waals surface area (Å²) in [7, 11) is 0. The fraction of sp³-hybridized carbons (Fsp3) is 0.889. The van der Waals surface area contributed by atoms with Crippen LogP contribution in [-0.2, 0) is 4.79 Å². The third-order valence-corrected chi connectivity index (χ3v) is 2.41. The second kappa shape index (κ2) is 3.44. The number of hydrogen-bond acceptors (Lipinski definition) is 2. The maximum atomic E-state index is 11.4. The van der Waals surface area contributed by atoms with E-state index in [1.807, 2.05) is 6.92 Å². The predicted molar refractivity (Wildman–Crippen MR) is 48.9 cm³/mol. The second-order valence-corrected chi connectivity index (χ2v) is 4.10. The highest BCUT2D eigenvalue weighted by molar-refractivity contribution is 5.84. The van der Waals surface area contributed by atoms with Gasteiger partial charge >= 0.3 is 0 Å². The summed E-state index contributed by atoms with van der Waals surface area (Å²) in [6, 6.07) is 0.454. The van der Waals surface area contributed by atoms with Crippen LogP contribution >= 0.6 is 0 Å². The van der Waals surface area contributed by atoms with Crippen LogP contribution < -0.4 is 10.6 Å². The Hall–Kier alpha value is -0.570. The maximum Gasteiger partial charge on any atom is 0.227 e. The minimum Gasteiger partial charge on any atom is -0.356 e. The van der Waals surface area contributed by atoms with Gasteiger partial charge < -0.3 is 10.6 Å². The molecule has 0 aromatic carbocycles. The third-order valence-electron chi connectivity index (χ3n) is 2.41. The van der Waals surface area contributed by atoms with Crippen molar-refractivity contribution >= 4 is 5.91 Å². The summed E-state index contributed by atoms with van der Waals surface area (Å²) >= 11 is 0. The Morgan fingerprint density at radius 3 is 2.75 bits per heavy atom. The number of carbonyl (C=O) groups is 1. The van der Waals surface area contributed by atoms with Gasteiger partial charge in [0.05, 0.1) is 5.41 Å². The van der Waals surface area contributed by atoms with Gasteiger partial charge in [0.2, 0.25) is 5.91 Å². The molecule has 3 heteroatoms. The van der Waals surface area contributed by atoms with Crippen molar-refractivity contribution in [3.8, 4) is 0 Å². The molecule has 0 saturated carbocycles. The molecule has 1 aliphatic heterocycles. The minimum atomic E-state index is -0.176. The number of rotatable bonds is 3. The SMILES string of the molecule is CC(C)NC[C@]1(C)CCNC1=O. The van der Waals surface area contributed by atoms with Crippen LogP contribution in [0.1, 0.15) is 27.2 Å². The lowest BCUT2D eigenvalue weighted by Gasteiger charge is -2.22. The van der Waals surface area contributed by atoms with E-state index in [-0.39, 0.29) is 11.3 Å². The summed E-state index contributed by atoms with van der Waals surface area (Å²) in [6.07, 6.45) is 0.950. The van der Waals surface area contributed by atoms with E-state index in [1.54, 1.807) is 0 Å². The zero-order valence-electron chi connectivity index (χ0n) is 8.11. The molecule has 70 valence electrons. The summed E-state index contributed by atoms with van der Waals surface area (Å²) in [5, 5.41) is 6.15. The van der Waals surface area contributed by atoms with Gasteiger partial charge in [0.25, 0.3) is 0 Å². The van der Waals surface area contributed by atoms with Crippen LogP contribution in [0.4, 0.5) is 0 Å². The van der Waals surface area contributed by atoms with Crippen molar-refractivity contribution in [1.29, 1.82) is 0 Å². The molecule has 12 heavy (non-hydrogen) atoms. The molecule has 1 heterocycles. The van der Waals surface area contributed by atoms with Gasteiger partial charge in [-0.15, -0.1) is 0 Å². The van der Waals surface area contributed by atoms with Gasteiger partial charge in [-0.05, 0) is 13.3 Å². The smallest absolute Gasteiger partial charge is 0.227 e. The molecule has 0 aromatic rings. The average Bonchev–Trinajstić information content (AvgIpc) is 2.30. The van der Waals surface area contributed by atoms with Crippen LogP contribution in [-0.4, -0.2) is 25.0 Å². The number of carbonyl (C=O) groups excluding carboxylic acids is 1. The van der Waals surface area contributed by atoms with E-state index in [2.05, 4.69) is 24.5 Å². The van der Waals surface area contributed by atoms with Gasteiger partial charge in [-0.25, -0.2) is 0 Å². The molecule has 1 saturated heterocycles. The lowest BCUT2D eigenvalue weighted by molar-refractivity contribution is -0.126. The highest BCUT2D eigenvalue weighted by atomic mass is 16.2. The Kier molecular flexibility index (Phi) is 2.73. The molecule has 1 atom stereocenters. The zero-order valence-corrected chi connectivity index (χ0v) is 8.11. The highest BCUT2D eigenvalue weighted by Crippen LogP contribution is 2.24. The Morgan fingerprint density at radius 1 is 1.67 bits per heavy atom. The standard InChI is InChI=1S/C9H18N2O/c1-7(2)11-6-9(3)4-5-10-8(9)12/h7,11H,4-6H2,1-3H3,(H,10,12)/t9-/m0/s1. The molecule has 0 aromatic heterocycles. The normalized spacial score (nSPS) is 29.5. The number of nitrogens with one attached hydrogen (secondary N) is 2. The van der Waals surface area contributed by atoms with Gasteiger partial charge in [0.1, 0.15) is 0 Å². The van der Waals surface area contributed by atoms with Crippen molar-refractivity contribution in [1.82, 2.24) is 10.6 Å². The van der Waals surface area contributed by atoms with Gasteiger partial charge in [-0.2, -0.15) is 0 Å². The number of hydrogen-bond donors (Lipinski definition) is 2. The quantitative estimate of drug-likeness (QED) is 0.648. The van der Waals surface area contributed by atoms with Crippen molar-refractivity contribution in [2.75, 3.05) is 13.1 Å². The average molecular weight is 170 g/mol. The molecule has 1 fully saturated rings.